The van der Waals surface area contributed by atoms with Crippen LogP contribution >= 0.6 is 0 Å². The molecule has 11 heteroatoms. The number of ketones is 1. The van der Waals surface area contributed by atoms with E-state index >= 15 is 0 Å². The molecule has 0 radical (unpaired) electrons. The molecule has 0 spiro atoms. The first-order valence-electron chi connectivity index (χ1n) is 9.20. The third-order valence-corrected chi connectivity index (χ3v) is 4.52. The Kier molecular flexibility index (Phi) is 11.5. The predicted molar refractivity (Wildman–Crippen MR) is 102 cm³/mol. The second kappa shape index (κ2) is 13.4. The Morgan fingerprint density at radius 2 is 1.26 bits per heavy atom. The number of nitrogens with zero attached hydrogens (tertiary/aromatic N) is 6. The third kappa shape index (κ3) is 10.8. The van der Waals surface area contributed by atoms with E-state index in [1.165, 1.54) is 0 Å². The molecule has 0 atom stereocenters. The van der Waals surface area contributed by atoms with E-state index in [1.807, 2.05) is 14.7 Å². The summed E-state index contributed by atoms with van der Waals surface area (Å²) in [6.45, 7) is 7.79. The lowest BCUT2D eigenvalue weighted by molar-refractivity contribution is -0.120. The average Bonchev–Trinajstić information content (AvgIpc) is 2.60. The Labute approximate surface area is 159 Å². The monoisotopic (exact) mass is 385 g/mol. The van der Waals surface area contributed by atoms with Gasteiger partial charge in [0.1, 0.15) is 12.5 Å². The Balaban J connectivity index is 2.83. The number of hydrogen-bond donors (Lipinski definition) is 1. The van der Waals surface area contributed by atoms with Crippen LogP contribution in [0.2, 0.25) is 0 Å². The van der Waals surface area contributed by atoms with Gasteiger partial charge in [0, 0.05) is 58.9 Å². The number of nitroso groups, excluding NO2 is 2. The summed E-state index contributed by atoms with van der Waals surface area (Å²) >= 11 is 0. The quantitative estimate of drug-likeness (QED) is 0.488. The summed E-state index contributed by atoms with van der Waals surface area (Å²) in [5, 5.41) is 5.91. The van der Waals surface area contributed by atoms with Crippen molar-refractivity contribution in [3.63, 3.8) is 0 Å². The maximum atomic E-state index is 11.5. The van der Waals surface area contributed by atoms with Crippen molar-refractivity contribution in [1.82, 2.24) is 19.6 Å². The number of rotatable bonds is 9. The summed E-state index contributed by atoms with van der Waals surface area (Å²) in [5.74, 6) is -0.333. The van der Waals surface area contributed by atoms with Gasteiger partial charge in [-0.2, -0.15) is 4.91 Å². The number of nitrogens with two attached hydrogens (primary N) is 1. The van der Waals surface area contributed by atoms with Crippen LogP contribution in [0.25, 0.3) is 0 Å². The minimum atomic E-state index is -0.399. The Morgan fingerprint density at radius 3 is 1.70 bits per heavy atom. The number of Topliss-reactive ketones (excluding diaryl/α,β-unsaturated/α-hetero) is 1. The van der Waals surface area contributed by atoms with E-state index in [4.69, 9.17) is 5.73 Å². The van der Waals surface area contributed by atoms with Gasteiger partial charge in [0.25, 0.3) is 0 Å². The van der Waals surface area contributed by atoms with Crippen molar-refractivity contribution in [2.45, 2.75) is 6.92 Å². The van der Waals surface area contributed by atoms with Crippen molar-refractivity contribution in [1.29, 1.82) is 0 Å². The van der Waals surface area contributed by atoms with Crippen LogP contribution in [0.1, 0.15) is 6.92 Å². The maximum Gasteiger partial charge on any atom is 0.231 e. The fourth-order valence-electron chi connectivity index (χ4n) is 3.06. The van der Waals surface area contributed by atoms with E-state index in [-0.39, 0.29) is 25.5 Å². The van der Waals surface area contributed by atoms with E-state index in [9.17, 15) is 19.4 Å². The lowest BCUT2D eigenvalue weighted by Gasteiger charge is -2.32. The summed E-state index contributed by atoms with van der Waals surface area (Å²) < 4.78 is 0. The third-order valence-electron chi connectivity index (χ3n) is 4.52. The van der Waals surface area contributed by atoms with Crippen LogP contribution < -0.4 is 5.73 Å². The molecule has 0 aromatic rings. The van der Waals surface area contributed by atoms with E-state index in [2.05, 4.69) is 15.3 Å². The molecular formula is C16H31N7O4. The van der Waals surface area contributed by atoms with Gasteiger partial charge in [0.15, 0.2) is 0 Å². The van der Waals surface area contributed by atoms with Crippen LogP contribution in [0.3, 0.4) is 0 Å². The molecule has 1 aliphatic heterocycles. The van der Waals surface area contributed by atoms with Crippen LogP contribution in [0.15, 0.2) is 10.4 Å². The summed E-state index contributed by atoms with van der Waals surface area (Å²) in [6, 6.07) is 0. The van der Waals surface area contributed by atoms with Gasteiger partial charge in [-0.3, -0.25) is 29.2 Å². The highest BCUT2D eigenvalue weighted by molar-refractivity contribution is 5.77. The van der Waals surface area contributed by atoms with Gasteiger partial charge in [0.2, 0.25) is 5.91 Å². The Hall–Kier alpha value is -1.82. The van der Waals surface area contributed by atoms with E-state index < -0.39 is 5.91 Å². The summed E-state index contributed by atoms with van der Waals surface area (Å²) in [7, 11) is 0. The molecule has 1 rings (SSSR count). The molecular weight excluding hydrogens is 354 g/mol. The van der Waals surface area contributed by atoms with E-state index in [0.29, 0.717) is 65.4 Å². The highest BCUT2D eigenvalue weighted by Crippen LogP contribution is 2.01. The molecule has 0 unspecified atom stereocenters. The normalized spacial score (nSPS) is 19.7. The standard InChI is InChI=1S/C16H31N7O4/c1-15(24)12-21-7-8-22(13-16(17)25)6-4-20(3-2-18-26)5-10-23(11-9-21)14-19-27/h2-14H2,1H3,(H2,17,25). The first-order valence-corrected chi connectivity index (χ1v) is 9.20. The Morgan fingerprint density at radius 1 is 0.778 bits per heavy atom. The second-order valence-corrected chi connectivity index (χ2v) is 6.80. The van der Waals surface area contributed by atoms with Gasteiger partial charge in [-0.15, -0.1) is 4.91 Å². The molecule has 0 bridgehead atoms. The summed E-state index contributed by atoms with van der Waals surface area (Å²) in [5.41, 5.74) is 5.36. The van der Waals surface area contributed by atoms with Crippen LogP contribution in [-0.2, 0) is 9.59 Å². The lowest BCUT2D eigenvalue weighted by Crippen LogP contribution is -2.48. The van der Waals surface area contributed by atoms with Crippen molar-refractivity contribution >= 4 is 11.7 Å². The highest BCUT2D eigenvalue weighted by atomic mass is 16.3. The average molecular weight is 385 g/mol. The van der Waals surface area contributed by atoms with E-state index in [0.717, 1.165) is 0 Å². The van der Waals surface area contributed by atoms with Gasteiger partial charge in [-0.05, 0) is 6.92 Å². The smallest absolute Gasteiger partial charge is 0.231 e. The van der Waals surface area contributed by atoms with Gasteiger partial charge in [-0.1, -0.05) is 10.4 Å². The number of hydrogen-bond acceptors (Lipinski definition) is 10. The molecule has 0 aliphatic carbocycles. The molecule has 2 N–H and O–H groups in total. The van der Waals surface area contributed by atoms with Crippen LogP contribution in [0, 0.1) is 9.81 Å². The molecule has 1 fully saturated rings. The topological polar surface area (TPSA) is 132 Å². The molecule has 0 aromatic carbocycles. The zero-order chi connectivity index (χ0) is 20.1. The van der Waals surface area contributed by atoms with Crippen LogP contribution in [-0.4, -0.2) is 116 Å². The van der Waals surface area contributed by atoms with Crippen molar-refractivity contribution in [3.05, 3.63) is 9.81 Å². The molecule has 1 heterocycles. The molecule has 11 nitrogen and oxygen atoms in total. The zero-order valence-corrected chi connectivity index (χ0v) is 16.1. The fraction of sp³-hybridized carbons (Fsp3) is 0.875. The zero-order valence-electron chi connectivity index (χ0n) is 16.1. The predicted octanol–water partition coefficient (Wildman–Crippen LogP) is -1.23. The number of carbonyl (C=O) groups excluding carboxylic acids is 2. The lowest BCUT2D eigenvalue weighted by atomic mass is 10.3. The summed E-state index contributed by atoms with van der Waals surface area (Å²) in [6.07, 6.45) is 0. The highest BCUT2D eigenvalue weighted by Gasteiger charge is 2.18. The van der Waals surface area contributed by atoms with Crippen LogP contribution in [0.5, 0.6) is 0 Å². The molecule has 0 aromatic heterocycles. The number of primary amides is 1. The molecule has 154 valence electrons. The Bertz CT molecular complexity index is 491. The largest absolute Gasteiger partial charge is 0.369 e. The molecule has 1 amide bonds. The maximum absolute atomic E-state index is 11.5. The molecule has 27 heavy (non-hydrogen) atoms. The SMILES string of the molecule is CC(=O)CN1CCN(CN=O)CCN(CCN=O)CCN(CC(N)=O)CC1. The van der Waals surface area contributed by atoms with Crippen molar-refractivity contribution < 1.29 is 9.59 Å². The van der Waals surface area contributed by atoms with Crippen molar-refractivity contribution in [3.8, 4) is 0 Å². The number of amides is 1. The fourth-order valence-corrected chi connectivity index (χ4v) is 3.06. The molecule has 1 saturated heterocycles. The molecule has 0 saturated carbocycles. The van der Waals surface area contributed by atoms with Gasteiger partial charge in [-0.25, -0.2) is 0 Å². The first kappa shape index (κ1) is 23.2. The van der Waals surface area contributed by atoms with Crippen molar-refractivity contribution in [2.24, 2.45) is 16.1 Å². The van der Waals surface area contributed by atoms with Gasteiger partial charge < -0.3 is 5.73 Å². The number of carbonyl (C=O) groups is 2. The first-order chi connectivity index (χ1) is 12.9. The van der Waals surface area contributed by atoms with Crippen LogP contribution in [0.4, 0.5) is 0 Å². The van der Waals surface area contributed by atoms with E-state index in [1.54, 1.807) is 6.92 Å². The van der Waals surface area contributed by atoms with Gasteiger partial charge >= 0.3 is 0 Å². The molecule has 1 aliphatic rings. The van der Waals surface area contributed by atoms with Gasteiger partial charge in [0.05, 0.1) is 19.6 Å². The summed E-state index contributed by atoms with van der Waals surface area (Å²) in [4.78, 5) is 52.1. The minimum Gasteiger partial charge on any atom is -0.369 e. The van der Waals surface area contributed by atoms with Crippen molar-refractivity contribution in [2.75, 3.05) is 85.2 Å². The minimum absolute atomic E-state index is 0.0659. The second-order valence-electron chi connectivity index (χ2n) is 6.80.